The van der Waals surface area contributed by atoms with E-state index in [0.717, 1.165) is 11.3 Å². The molecule has 0 bridgehead atoms. The van der Waals surface area contributed by atoms with Crippen LogP contribution in [-0.2, 0) is 0 Å². The Hall–Kier alpha value is -1.51. The number of nitrogens with one attached hydrogen (secondary N) is 1. The van der Waals surface area contributed by atoms with E-state index in [1.165, 1.54) is 0 Å². The third-order valence-corrected chi connectivity index (χ3v) is 1.74. The zero-order chi connectivity index (χ0) is 7.84. The first kappa shape index (κ1) is 6.22. The van der Waals surface area contributed by atoms with Crippen molar-refractivity contribution in [3.05, 3.63) is 40.4 Å². The van der Waals surface area contributed by atoms with Gasteiger partial charge in [-0.1, -0.05) is 0 Å². The molecule has 2 heterocycles. The second kappa shape index (κ2) is 1.99. The third-order valence-electron chi connectivity index (χ3n) is 1.74. The predicted molar refractivity (Wildman–Crippen MR) is 42.8 cm³/mol. The number of imidazole rings is 1. The largest absolute Gasteiger partial charge is 0.346 e. The lowest BCUT2D eigenvalue weighted by Gasteiger charge is -1.92. The van der Waals surface area contributed by atoms with Crippen molar-refractivity contribution in [3.63, 3.8) is 0 Å². The average Bonchev–Trinajstić information content (AvgIpc) is 2.32. The Morgan fingerprint density at radius 2 is 2.36 bits per heavy atom. The topological polar surface area (TPSA) is 37.3 Å². The summed E-state index contributed by atoms with van der Waals surface area (Å²) < 4.78 is 1.93. The number of aryl methyl sites for hydroxylation is 1. The standard InChI is InChI=1S/C8H8N2O/c1-6-5-9-8-4-7(11)2-3-10(6)8/h2-5,9H,1H3. The first-order valence-corrected chi connectivity index (χ1v) is 3.44. The highest BCUT2D eigenvalue weighted by Gasteiger charge is 1.94. The molecule has 2 aromatic heterocycles. The number of fused-ring (bicyclic) bond motifs is 1. The molecule has 0 aliphatic carbocycles. The monoisotopic (exact) mass is 148 g/mol. The van der Waals surface area contributed by atoms with E-state index in [2.05, 4.69) is 4.98 Å². The maximum absolute atomic E-state index is 10.9. The van der Waals surface area contributed by atoms with Gasteiger partial charge in [-0.2, -0.15) is 0 Å². The Kier molecular flexibility index (Phi) is 1.12. The molecule has 0 saturated heterocycles. The van der Waals surface area contributed by atoms with Gasteiger partial charge in [0.15, 0.2) is 5.43 Å². The molecule has 0 fully saturated rings. The minimum atomic E-state index is 0.0341. The highest BCUT2D eigenvalue weighted by Crippen LogP contribution is 2.00. The Morgan fingerprint density at radius 1 is 1.55 bits per heavy atom. The summed E-state index contributed by atoms with van der Waals surface area (Å²) in [5.74, 6) is 0. The van der Waals surface area contributed by atoms with Gasteiger partial charge in [0.2, 0.25) is 0 Å². The van der Waals surface area contributed by atoms with Crippen LogP contribution < -0.4 is 5.43 Å². The Morgan fingerprint density at radius 3 is 3.18 bits per heavy atom. The molecule has 0 aliphatic rings. The second-order valence-electron chi connectivity index (χ2n) is 2.55. The molecule has 1 N–H and O–H groups in total. The van der Waals surface area contributed by atoms with Crippen LogP contribution in [0, 0.1) is 6.92 Å². The van der Waals surface area contributed by atoms with Crippen molar-refractivity contribution in [2.75, 3.05) is 0 Å². The van der Waals surface area contributed by atoms with E-state index in [1.54, 1.807) is 18.3 Å². The Bertz CT molecular complexity index is 439. The molecule has 0 amide bonds. The first-order chi connectivity index (χ1) is 5.27. The zero-order valence-corrected chi connectivity index (χ0v) is 6.16. The van der Waals surface area contributed by atoms with Crippen molar-refractivity contribution in [2.45, 2.75) is 6.92 Å². The van der Waals surface area contributed by atoms with E-state index in [4.69, 9.17) is 0 Å². The smallest absolute Gasteiger partial charge is 0.183 e. The van der Waals surface area contributed by atoms with Crippen LogP contribution in [0.3, 0.4) is 0 Å². The van der Waals surface area contributed by atoms with Crippen molar-refractivity contribution >= 4 is 5.65 Å². The fourth-order valence-corrected chi connectivity index (χ4v) is 1.15. The van der Waals surface area contributed by atoms with E-state index in [-0.39, 0.29) is 5.43 Å². The lowest BCUT2D eigenvalue weighted by Crippen LogP contribution is -1.98. The zero-order valence-electron chi connectivity index (χ0n) is 6.16. The Labute approximate surface area is 63.3 Å². The van der Waals surface area contributed by atoms with E-state index in [0.29, 0.717) is 0 Å². The number of H-pyrrole nitrogens is 1. The van der Waals surface area contributed by atoms with Crippen LogP contribution in [0.1, 0.15) is 5.69 Å². The molecule has 0 unspecified atom stereocenters. The summed E-state index contributed by atoms with van der Waals surface area (Å²) in [5, 5.41) is 0. The van der Waals surface area contributed by atoms with Crippen LogP contribution >= 0.6 is 0 Å². The van der Waals surface area contributed by atoms with Crippen LogP contribution in [0.15, 0.2) is 29.3 Å². The molecule has 2 aromatic rings. The SMILES string of the molecule is Cc1c[nH]c2cc(=O)ccn12. The van der Waals surface area contributed by atoms with Gasteiger partial charge < -0.3 is 9.38 Å². The minimum Gasteiger partial charge on any atom is -0.346 e. The number of hydrogen-bond acceptors (Lipinski definition) is 1. The van der Waals surface area contributed by atoms with E-state index in [1.807, 2.05) is 17.5 Å². The maximum Gasteiger partial charge on any atom is 0.183 e. The van der Waals surface area contributed by atoms with Crippen molar-refractivity contribution in [2.24, 2.45) is 0 Å². The van der Waals surface area contributed by atoms with Crippen LogP contribution in [0.2, 0.25) is 0 Å². The average molecular weight is 148 g/mol. The van der Waals surface area contributed by atoms with Gasteiger partial charge in [0, 0.05) is 30.2 Å². The van der Waals surface area contributed by atoms with Gasteiger partial charge in [-0.15, -0.1) is 0 Å². The van der Waals surface area contributed by atoms with Crippen molar-refractivity contribution in [1.29, 1.82) is 0 Å². The number of aromatic amines is 1. The third kappa shape index (κ3) is 0.852. The highest BCUT2D eigenvalue weighted by molar-refractivity contribution is 5.39. The number of aromatic nitrogens is 2. The molecule has 56 valence electrons. The second-order valence-corrected chi connectivity index (χ2v) is 2.55. The summed E-state index contributed by atoms with van der Waals surface area (Å²) in [4.78, 5) is 13.9. The van der Waals surface area contributed by atoms with E-state index in [9.17, 15) is 4.79 Å². The molecule has 3 heteroatoms. The van der Waals surface area contributed by atoms with Crippen molar-refractivity contribution in [1.82, 2.24) is 9.38 Å². The number of hydrogen-bond donors (Lipinski definition) is 1. The minimum absolute atomic E-state index is 0.0341. The molecular formula is C8H8N2O. The first-order valence-electron chi connectivity index (χ1n) is 3.44. The molecule has 0 spiro atoms. The molecular weight excluding hydrogens is 140 g/mol. The van der Waals surface area contributed by atoms with E-state index >= 15 is 0 Å². The summed E-state index contributed by atoms with van der Waals surface area (Å²) in [6.07, 6.45) is 3.64. The van der Waals surface area contributed by atoms with Crippen LogP contribution in [-0.4, -0.2) is 9.38 Å². The van der Waals surface area contributed by atoms with Gasteiger partial charge in [0.1, 0.15) is 5.65 Å². The lowest BCUT2D eigenvalue weighted by molar-refractivity contribution is 1.10. The molecule has 0 aromatic carbocycles. The van der Waals surface area contributed by atoms with Crippen LogP contribution in [0.25, 0.3) is 5.65 Å². The fourth-order valence-electron chi connectivity index (χ4n) is 1.15. The van der Waals surface area contributed by atoms with Crippen molar-refractivity contribution in [3.8, 4) is 0 Å². The maximum atomic E-state index is 10.9. The van der Waals surface area contributed by atoms with Gasteiger partial charge in [-0.25, -0.2) is 0 Å². The summed E-state index contributed by atoms with van der Waals surface area (Å²) in [6.45, 7) is 1.98. The quantitative estimate of drug-likeness (QED) is 0.593. The van der Waals surface area contributed by atoms with Crippen molar-refractivity contribution < 1.29 is 0 Å². The Balaban J connectivity index is 2.96. The van der Waals surface area contributed by atoms with Gasteiger partial charge in [0.05, 0.1) is 0 Å². The van der Waals surface area contributed by atoms with Gasteiger partial charge in [-0.3, -0.25) is 4.79 Å². The summed E-state index contributed by atoms with van der Waals surface area (Å²) in [7, 11) is 0. The molecule has 0 saturated carbocycles. The predicted octanol–water partition coefficient (Wildman–Crippen LogP) is 0.936. The summed E-state index contributed by atoms with van der Waals surface area (Å²) in [5.41, 5.74) is 1.97. The van der Waals surface area contributed by atoms with Crippen LogP contribution in [0.4, 0.5) is 0 Å². The lowest BCUT2D eigenvalue weighted by atomic mass is 10.4. The van der Waals surface area contributed by atoms with Gasteiger partial charge in [-0.05, 0) is 6.92 Å². The number of rotatable bonds is 0. The molecule has 3 nitrogen and oxygen atoms in total. The van der Waals surface area contributed by atoms with Gasteiger partial charge >= 0.3 is 0 Å². The number of nitrogens with zero attached hydrogens (tertiary/aromatic N) is 1. The van der Waals surface area contributed by atoms with Gasteiger partial charge in [0.25, 0.3) is 0 Å². The number of pyridine rings is 1. The normalized spacial score (nSPS) is 10.6. The molecule has 0 aliphatic heterocycles. The molecule has 0 atom stereocenters. The van der Waals surface area contributed by atoms with E-state index < -0.39 is 0 Å². The summed E-state index contributed by atoms with van der Waals surface area (Å²) in [6, 6.07) is 3.13. The molecule has 2 rings (SSSR count). The van der Waals surface area contributed by atoms with Crippen LogP contribution in [0.5, 0.6) is 0 Å². The summed E-state index contributed by atoms with van der Waals surface area (Å²) >= 11 is 0. The molecule has 11 heavy (non-hydrogen) atoms. The fraction of sp³-hybridized carbons (Fsp3) is 0.125. The highest BCUT2D eigenvalue weighted by atomic mass is 16.1. The molecule has 0 radical (unpaired) electrons.